The van der Waals surface area contributed by atoms with E-state index in [1.807, 2.05) is 38.4 Å². The van der Waals surface area contributed by atoms with Gasteiger partial charge in [0.05, 0.1) is 12.8 Å². The highest BCUT2D eigenvalue weighted by Gasteiger charge is 2.28. The number of hydrogen-bond donors (Lipinski definition) is 0. The number of fused-ring (bicyclic) bond motifs is 1. The summed E-state index contributed by atoms with van der Waals surface area (Å²) in [6.07, 6.45) is 2.99. The Kier molecular flexibility index (Phi) is 5.44. The van der Waals surface area contributed by atoms with E-state index in [1.165, 1.54) is 7.05 Å². The molecular weight excluding hydrogens is 314 g/mol. The minimum atomic E-state index is -3.38. The van der Waals surface area contributed by atoms with Crippen LogP contribution in [0, 0.1) is 0 Å². The Labute approximate surface area is 138 Å². The van der Waals surface area contributed by atoms with Gasteiger partial charge in [-0.2, -0.15) is 4.31 Å². The third kappa shape index (κ3) is 4.31. The lowest BCUT2D eigenvalue weighted by Crippen LogP contribution is -2.46. The Morgan fingerprint density at radius 2 is 1.91 bits per heavy atom. The first-order valence-electron chi connectivity index (χ1n) is 7.66. The average molecular weight is 339 g/mol. The number of nitrogens with zero attached hydrogens (tertiary/aromatic N) is 3. The Balaban J connectivity index is 2.30. The van der Waals surface area contributed by atoms with Gasteiger partial charge in [-0.05, 0) is 38.6 Å². The number of sulfonamides is 1. The van der Waals surface area contributed by atoms with Gasteiger partial charge in [0.25, 0.3) is 0 Å². The van der Waals surface area contributed by atoms with Gasteiger partial charge in [-0.3, -0.25) is 4.79 Å². The summed E-state index contributed by atoms with van der Waals surface area (Å²) in [4.78, 5) is 16.6. The number of rotatable bonds is 4. The predicted molar refractivity (Wildman–Crippen MR) is 92.1 cm³/mol. The Hall–Kier alpha value is -1.44. The zero-order valence-corrected chi connectivity index (χ0v) is 15.0. The number of likely N-dealkylation sites (N-methyl/N-ethyl adjacent to an activating group) is 2. The number of benzene rings is 1. The first kappa shape index (κ1) is 17.9. The average Bonchev–Trinajstić information content (AvgIpc) is 2.66. The van der Waals surface area contributed by atoms with E-state index in [9.17, 15) is 13.2 Å². The minimum Gasteiger partial charge on any atom is -0.309 e. The van der Waals surface area contributed by atoms with E-state index in [0.29, 0.717) is 6.54 Å². The molecule has 1 amide bonds. The van der Waals surface area contributed by atoms with Crippen molar-refractivity contribution in [1.82, 2.24) is 9.21 Å². The molecule has 1 aliphatic rings. The van der Waals surface area contributed by atoms with Crippen molar-refractivity contribution in [2.75, 3.05) is 45.4 Å². The van der Waals surface area contributed by atoms with E-state index in [-0.39, 0.29) is 18.5 Å². The van der Waals surface area contributed by atoms with Crippen molar-refractivity contribution in [3.63, 3.8) is 0 Å². The van der Waals surface area contributed by atoms with Crippen LogP contribution in [-0.2, 0) is 21.2 Å². The van der Waals surface area contributed by atoms with Gasteiger partial charge in [0.15, 0.2) is 0 Å². The molecule has 1 atom stereocenters. The Bertz CT molecular complexity index is 673. The van der Waals surface area contributed by atoms with Gasteiger partial charge in [0.1, 0.15) is 0 Å². The lowest BCUT2D eigenvalue weighted by atomic mass is 10.1. The lowest BCUT2D eigenvalue weighted by molar-refractivity contribution is -0.118. The minimum absolute atomic E-state index is 0.146. The van der Waals surface area contributed by atoms with Crippen LogP contribution in [0.5, 0.6) is 0 Å². The molecule has 0 N–H and O–H groups in total. The summed E-state index contributed by atoms with van der Waals surface area (Å²) in [5.74, 6) is -0.195. The van der Waals surface area contributed by atoms with Crippen LogP contribution in [0.1, 0.15) is 12.0 Å². The highest BCUT2D eigenvalue weighted by Crippen LogP contribution is 2.27. The number of hydrogen-bond acceptors (Lipinski definition) is 4. The summed E-state index contributed by atoms with van der Waals surface area (Å²) in [5, 5.41) is 0. The fourth-order valence-corrected chi connectivity index (χ4v) is 3.10. The molecule has 1 aliphatic heterocycles. The first-order valence-corrected chi connectivity index (χ1v) is 9.51. The molecule has 0 radical (unpaired) electrons. The monoisotopic (exact) mass is 339 g/mol. The van der Waals surface area contributed by atoms with Crippen LogP contribution in [0.15, 0.2) is 24.3 Å². The van der Waals surface area contributed by atoms with Gasteiger partial charge in [-0.1, -0.05) is 18.2 Å². The van der Waals surface area contributed by atoms with Crippen LogP contribution in [0.2, 0.25) is 0 Å². The lowest BCUT2D eigenvalue weighted by Gasteiger charge is -2.30. The molecule has 0 saturated carbocycles. The second kappa shape index (κ2) is 6.98. The molecule has 1 aromatic rings. The SMILES string of the molecule is CN(C)C1CCc2ccccc2N(C(=O)CN(C)S(C)(=O)=O)C1. The quantitative estimate of drug-likeness (QED) is 0.814. The normalized spacial score (nSPS) is 18.9. The van der Waals surface area contributed by atoms with Crippen molar-refractivity contribution in [2.45, 2.75) is 18.9 Å². The molecule has 0 aliphatic carbocycles. The van der Waals surface area contributed by atoms with Crippen LogP contribution in [0.3, 0.4) is 0 Å². The molecule has 1 heterocycles. The molecule has 0 fully saturated rings. The molecule has 6 nitrogen and oxygen atoms in total. The van der Waals surface area contributed by atoms with Crippen LogP contribution >= 0.6 is 0 Å². The second-order valence-electron chi connectivity index (χ2n) is 6.31. The molecule has 0 spiro atoms. The zero-order chi connectivity index (χ0) is 17.2. The molecule has 0 saturated heterocycles. The van der Waals surface area contributed by atoms with Crippen molar-refractivity contribution < 1.29 is 13.2 Å². The number of amides is 1. The van der Waals surface area contributed by atoms with Gasteiger partial charge >= 0.3 is 0 Å². The maximum absolute atomic E-state index is 12.7. The number of carbonyl (C=O) groups is 1. The van der Waals surface area contributed by atoms with Crippen molar-refractivity contribution >= 4 is 21.6 Å². The van der Waals surface area contributed by atoms with Gasteiger partial charge in [-0.25, -0.2) is 8.42 Å². The van der Waals surface area contributed by atoms with Crippen LogP contribution in [0.25, 0.3) is 0 Å². The number of para-hydroxylation sites is 1. The number of carbonyl (C=O) groups excluding carboxylic acids is 1. The van der Waals surface area contributed by atoms with Crippen molar-refractivity contribution in [3.05, 3.63) is 29.8 Å². The van der Waals surface area contributed by atoms with Crippen LogP contribution in [-0.4, -0.2) is 70.1 Å². The van der Waals surface area contributed by atoms with Crippen LogP contribution < -0.4 is 4.90 Å². The van der Waals surface area contributed by atoms with E-state index >= 15 is 0 Å². The van der Waals surface area contributed by atoms with Gasteiger partial charge in [-0.15, -0.1) is 0 Å². The summed E-state index contributed by atoms with van der Waals surface area (Å²) >= 11 is 0. The van der Waals surface area contributed by atoms with Gasteiger partial charge in [0.2, 0.25) is 15.9 Å². The largest absolute Gasteiger partial charge is 0.309 e. The molecule has 2 rings (SSSR count). The van der Waals surface area contributed by atoms with Crippen molar-refractivity contribution in [1.29, 1.82) is 0 Å². The Morgan fingerprint density at radius 1 is 1.26 bits per heavy atom. The van der Waals surface area contributed by atoms with E-state index in [2.05, 4.69) is 4.90 Å². The molecule has 128 valence electrons. The summed E-state index contributed by atoms with van der Waals surface area (Å²) in [6.45, 7) is 0.424. The van der Waals surface area contributed by atoms with E-state index in [1.54, 1.807) is 4.90 Å². The first-order chi connectivity index (χ1) is 10.7. The molecule has 1 unspecified atom stereocenters. The van der Waals surface area contributed by atoms with E-state index in [0.717, 1.165) is 34.7 Å². The second-order valence-corrected chi connectivity index (χ2v) is 8.40. The maximum atomic E-state index is 12.7. The highest BCUT2D eigenvalue weighted by atomic mass is 32.2. The Morgan fingerprint density at radius 3 is 2.52 bits per heavy atom. The zero-order valence-electron chi connectivity index (χ0n) is 14.2. The highest BCUT2D eigenvalue weighted by molar-refractivity contribution is 7.88. The van der Waals surface area contributed by atoms with E-state index in [4.69, 9.17) is 0 Å². The van der Waals surface area contributed by atoms with Crippen LogP contribution in [0.4, 0.5) is 5.69 Å². The maximum Gasteiger partial charge on any atom is 0.242 e. The topological polar surface area (TPSA) is 60.9 Å². The molecule has 0 bridgehead atoms. The smallest absolute Gasteiger partial charge is 0.242 e. The summed E-state index contributed by atoms with van der Waals surface area (Å²) in [7, 11) is 2.07. The molecule has 1 aromatic carbocycles. The van der Waals surface area contributed by atoms with E-state index < -0.39 is 10.0 Å². The number of aryl methyl sites for hydroxylation is 1. The molecule has 7 heteroatoms. The van der Waals surface area contributed by atoms with Gasteiger partial charge in [0, 0.05) is 25.3 Å². The van der Waals surface area contributed by atoms with Gasteiger partial charge < -0.3 is 9.80 Å². The molecule has 0 aromatic heterocycles. The number of anilines is 1. The summed E-state index contributed by atoms with van der Waals surface area (Å²) < 4.78 is 24.3. The molecular formula is C16H25N3O3S. The van der Waals surface area contributed by atoms with Crippen molar-refractivity contribution in [2.24, 2.45) is 0 Å². The fourth-order valence-electron chi connectivity index (χ4n) is 2.76. The third-order valence-corrected chi connectivity index (χ3v) is 5.64. The summed E-state index contributed by atoms with van der Waals surface area (Å²) in [5.41, 5.74) is 2.02. The predicted octanol–water partition coefficient (Wildman–Crippen LogP) is 0.787. The summed E-state index contributed by atoms with van der Waals surface area (Å²) in [6, 6.07) is 8.10. The molecule has 23 heavy (non-hydrogen) atoms. The van der Waals surface area contributed by atoms with Crippen molar-refractivity contribution in [3.8, 4) is 0 Å². The standard InChI is InChI=1S/C16H25N3O3S/c1-17(2)14-10-9-13-7-5-6-8-15(13)19(11-14)16(20)12-18(3)23(4,21)22/h5-8,14H,9-12H2,1-4H3. The fraction of sp³-hybridized carbons (Fsp3) is 0.562. The third-order valence-electron chi connectivity index (χ3n) is 4.38.